The van der Waals surface area contributed by atoms with Gasteiger partial charge in [0.1, 0.15) is 0 Å². The number of benzene rings is 1. The van der Waals surface area contributed by atoms with E-state index in [0.29, 0.717) is 12.1 Å². The van der Waals surface area contributed by atoms with Crippen LogP contribution < -0.4 is 10.2 Å². The first-order valence-corrected chi connectivity index (χ1v) is 8.14. The number of amides is 1. The van der Waals surface area contributed by atoms with Crippen molar-refractivity contribution < 1.29 is 4.79 Å². The van der Waals surface area contributed by atoms with Crippen LogP contribution in [0.1, 0.15) is 40.9 Å². The van der Waals surface area contributed by atoms with Crippen molar-refractivity contribution in [3.8, 4) is 0 Å². The number of aryl methyl sites for hydroxylation is 1. The van der Waals surface area contributed by atoms with Crippen molar-refractivity contribution in [1.82, 2.24) is 15.3 Å². The molecule has 1 saturated heterocycles. The molecule has 23 heavy (non-hydrogen) atoms. The predicted molar refractivity (Wildman–Crippen MR) is 90.4 cm³/mol. The molecular weight excluding hydrogens is 288 g/mol. The molecule has 5 heteroatoms. The average molecular weight is 310 g/mol. The molecule has 5 nitrogen and oxygen atoms in total. The van der Waals surface area contributed by atoms with Crippen LogP contribution in [0.3, 0.4) is 0 Å². The van der Waals surface area contributed by atoms with Gasteiger partial charge in [0.25, 0.3) is 5.91 Å². The van der Waals surface area contributed by atoms with Gasteiger partial charge in [-0.1, -0.05) is 17.7 Å². The lowest BCUT2D eigenvalue weighted by molar-refractivity contribution is 0.0950. The minimum atomic E-state index is -0.0770. The molecular formula is C18H22N4O. The van der Waals surface area contributed by atoms with E-state index in [2.05, 4.69) is 20.2 Å². The molecule has 1 fully saturated rings. The number of carbonyl (C=O) groups excluding carboxylic acids is 1. The van der Waals surface area contributed by atoms with Crippen molar-refractivity contribution in [2.24, 2.45) is 0 Å². The van der Waals surface area contributed by atoms with Gasteiger partial charge in [-0.2, -0.15) is 0 Å². The van der Waals surface area contributed by atoms with E-state index in [1.165, 1.54) is 19.3 Å². The SMILES string of the molecule is Cc1cccc(C(=O)NCc2ccnc(N3CCCCC3)n2)c1. The Balaban J connectivity index is 1.63. The highest BCUT2D eigenvalue weighted by Gasteiger charge is 2.14. The summed E-state index contributed by atoms with van der Waals surface area (Å²) >= 11 is 0. The molecule has 0 unspecified atom stereocenters. The monoisotopic (exact) mass is 310 g/mol. The summed E-state index contributed by atoms with van der Waals surface area (Å²) < 4.78 is 0. The predicted octanol–water partition coefficient (Wildman–Crippen LogP) is 2.71. The van der Waals surface area contributed by atoms with E-state index in [9.17, 15) is 4.79 Å². The molecule has 1 aromatic carbocycles. The number of nitrogens with zero attached hydrogens (tertiary/aromatic N) is 3. The summed E-state index contributed by atoms with van der Waals surface area (Å²) in [5, 5.41) is 2.92. The molecule has 0 radical (unpaired) electrons. The molecule has 1 amide bonds. The molecule has 0 aliphatic carbocycles. The Labute approximate surface area is 136 Å². The van der Waals surface area contributed by atoms with Crippen LogP contribution in [-0.2, 0) is 6.54 Å². The van der Waals surface area contributed by atoms with Gasteiger partial charge in [0, 0.05) is 24.8 Å². The highest BCUT2D eigenvalue weighted by Crippen LogP contribution is 2.15. The third kappa shape index (κ3) is 4.06. The van der Waals surface area contributed by atoms with Crippen LogP contribution in [0.5, 0.6) is 0 Å². The molecule has 0 atom stereocenters. The first-order chi connectivity index (χ1) is 11.2. The van der Waals surface area contributed by atoms with E-state index in [1.807, 2.05) is 37.3 Å². The second-order valence-corrected chi connectivity index (χ2v) is 5.95. The molecule has 0 spiro atoms. The van der Waals surface area contributed by atoms with Crippen LogP contribution in [0, 0.1) is 6.92 Å². The third-order valence-corrected chi connectivity index (χ3v) is 4.05. The van der Waals surface area contributed by atoms with Crippen LogP contribution in [-0.4, -0.2) is 29.0 Å². The molecule has 120 valence electrons. The summed E-state index contributed by atoms with van der Waals surface area (Å²) in [4.78, 5) is 23.4. The second-order valence-electron chi connectivity index (χ2n) is 5.95. The highest BCUT2D eigenvalue weighted by molar-refractivity contribution is 5.94. The zero-order valence-electron chi connectivity index (χ0n) is 13.5. The maximum Gasteiger partial charge on any atom is 0.251 e. The van der Waals surface area contributed by atoms with Crippen molar-refractivity contribution in [1.29, 1.82) is 0 Å². The largest absolute Gasteiger partial charge is 0.346 e. The molecule has 1 N–H and O–H groups in total. The number of rotatable bonds is 4. The van der Waals surface area contributed by atoms with Crippen LogP contribution in [0.4, 0.5) is 5.95 Å². The summed E-state index contributed by atoms with van der Waals surface area (Å²) in [6.07, 6.45) is 5.43. The van der Waals surface area contributed by atoms with Crippen LogP contribution in [0.25, 0.3) is 0 Å². The normalized spacial score (nSPS) is 14.6. The average Bonchev–Trinajstić information content (AvgIpc) is 2.61. The minimum Gasteiger partial charge on any atom is -0.346 e. The fraction of sp³-hybridized carbons (Fsp3) is 0.389. The Morgan fingerprint density at radius 1 is 1.22 bits per heavy atom. The molecule has 2 heterocycles. The van der Waals surface area contributed by atoms with Gasteiger partial charge in [-0.3, -0.25) is 4.79 Å². The lowest BCUT2D eigenvalue weighted by Gasteiger charge is -2.26. The topological polar surface area (TPSA) is 58.1 Å². The summed E-state index contributed by atoms with van der Waals surface area (Å²) in [5.41, 5.74) is 2.59. The van der Waals surface area contributed by atoms with E-state index in [-0.39, 0.29) is 5.91 Å². The Bertz CT molecular complexity index is 680. The van der Waals surface area contributed by atoms with Crippen LogP contribution in [0.2, 0.25) is 0 Å². The quantitative estimate of drug-likeness (QED) is 0.943. The Morgan fingerprint density at radius 3 is 2.83 bits per heavy atom. The van der Waals surface area contributed by atoms with E-state index >= 15 is 0 Å². The van der Waals surface area contributed by atoms with Gasteiger partial charge in [-0.15, -0.1) is 0 Å². The number of anilines is 1. The van der Waals surface area contributed by atoms with Crippen LogP contribution in [0.15, 0.2) is 36.5 Å². The Hall–Kier alpha value is -2.43. The molecule has 2 aromatic rings. The number of carbonyl (C=O) groups is 1. The van der Waals surface area contributed by atoms with Gasteiger partial charge in [0.15, 0.2) is 0 Å². The Morgan fingerprint density at radius 2 is 2.04 bits per heavy atom. The standard InChI is InChI=1S/C18H22N4O/c1-14-6-5-7-15(12-14)17(23)20-13-16-8-9-19-18(21-16)22-10-3-2-4-11-22/h5-9,12H,2-4,10-11,13H2,1H3,(H,20,23). The van der Waals surface area contributed by atoms with E-state index in [1.54, 1.807) is 6.20 Å². The van der Waals surface area contributed by atoms with Gasteiger partial charge >= 0.3 is 0 Å². The number of nitrogens with one attached hydrogen (secondary N) is 1. The van der Waals surface area contributed by atoms with E-state index in [4.69, 9.17) is 0 Å². The summed E-state index contributed by atoms with van der Waals surface area (Å²) in [5.74, 6) is 0.693. The zero-order chi connectivity index (χ0) is 16.1. The van der Waals surface area contributed by atoms with Gasteiger partial charge in [-0.25, -0.2) is 9.97 Å². The summed E-state index contributed by atoms with van der Waals surface area (Å²) in [7, 11) is 0. The number of piperidine rings is 1. The molecule has 1 aliphatic heterocycles. The molecule has 1 aliphatic rings. The first kappa shape index (κ1) is 15.5. The van der Waals surface area contributed by atoms with Gasteiger partial charge in [-0.05, 0) is 44.4 Å². The number of aromatic nitrogens is 2. The van der Waals surface area contributed by atoms with Gasteiger partial charge in [0.2, 0.25) is 5.95 Å². The lowest BCUT2D eigenvalue weighted by Crippen LogP contribution is -2.31. The van der Waals surface area contributed by atoms with Crippen molar-refractivity contribution in [2.75, 3.05) is 18.0 Å². The van der Waals surface area contributed by atoms with Crippen molar-refractivity contribution in [2.45, 2.75) is 32.7 Å². The molecule has 1 aromatic heterocycles. The second kappa shape index (κ2) is 7.22. The summed E-state index contributed by atoms with van der Waals surface area (Å²) in [6, 6.07) is 9.43. The summed E-state index contributed by atoms with van der Waals surface area (Å²) in [6.45, 7) is 4.42. The molecule has 0 saturated carbocycles. The number of hydrogen-bond acceptors (Lipinski definition) is 4. The van der Waals surface area contributed by atoms with Gasteiger partial charge in [0.05, 0.1) is 12.2 Å². The fourth-order valence-corrected chi connectivity index (χ4v) is 2.79. The van der Waals surface area contributed by atoms with Crippen LogP contribution >= 0.6 is 0 Å². The minimum absolute atomic E-state index is 0.0770. The van der Waals surface area contributed by atoms with E-state index in [0.717, 1.165) is 30.3 Å². The number of hydrogen-bond donors (Lipinski definition) is 1. The zero-order valence-corrected chi connectivity index (χ0v) is 13.5. The highest BCUT2D eigenvalue weighted by atomic mass is 16.1. The fourth-order valence-electron chi connectivity index (χ4n) is 2.79. The first-order valence-electron chi connectivity index (χ1n) is 8.14. The van der Waals surface area contributed by atoms with Crippen molar-refractivity contribution in [3.05, 3.63) is 53.3 Å². The lowest BCUT2D eigenvalue weighted by atomic mass is 10.1. The smallest absolute Gasteiger partial charge is 0.251 e. The Kier molecular flexibility index (Phi) is 4.86. The van der Waals surface area contributed by atoms with Gasteiger partial charge < -0.3 is 10.2 Å². The van der Waals surface area contributed by atoms with Crippen molar-refractivity contribution in [3.63, 3.8) is 0 Å². The molecule has 3 rings (SSSR count). The molecule has 0 bridgehead atoms. The van der Waals surface area contributed by atoms with Crippen molar-refractivity contribution >= 4 is 11.9 Å². The maximum atomic E-state index is 12.2. The van der Waals surface area contributed by atoms with E-state index < -0.39 is 0 Å². The maximum absolute atomic E-state index is 12.2. The third-order valence-electron chi connectivity index (χ3n) is 4.05.